The maximum Gasteiger partial charge on any atom is 0.230 e. The van der Waals surface area contributed by atoms with Crippen molar-refractivity contribution in [3.05, 3.63) is 48.5 Å². The molecule has 1 aliphatic rings. The van der Waals surface area contributed by atoms with Crippen molar-refractivity contribution in [3.63, 3.8) is 0 Å². The molecule has 7 nitrogen and oxygen atoms in total. The second-order valence-electron chi connectivity index (χ2n) is 7.58. The molecule has 2 heterocycles. The summed E-state index contributed by atoms with van der Waals surface area (Å²) < 4.78 is 31.3. The van der Waals surface area contributed by atoms with Crippen molar-refractivity contribution < 1.29 is 18.6 Å². The van der Waals surface area contributed by atoms with E-state index in [9.17, 15) is 4.39 Å². The minimum absolute atomic E-state index is 0.105. The first-order valence-electron chi connectivity index (χ1n) is 10.4. The van der Waals surface area contributed by atoms with Crippen LogP contribution in [0.5, 0.6) is 23.1 Å². The lowest BCUT2D eigenvalue weighted by Crippen LogP contribution is -2.44. The predicted molar refractivity (Wildman–Crippen MR) is 117 cm³/mol. The van der Waals surface area contributed by atoms with E-state index in [1.54, 1.807) is 37.4 Å². The van der Waals surface area contributed by atoms with Gasteiger partial charge in [0.25, 0.3) is 0 Å². The van der Waals surface area contributed by atoms with Crippen LogP contribution in [0.15, 0.2) is 42.7 Å². The Morgan fingerprint density at radius 3 is 2.58 bits per heavy atom. The summed E-state index contributed by atoms with van der Waals surface area (Å²) in [6, 6.07) is 9.79. The van der Waals surface area contributed by atoms with Crippen LogP contribution in [0.3, 0.4) is 0 Å². The summed E-state index contributed by atoms with van der Waals surface area (Å²) in [5.41, 5.74) is 0.628. The van der Waals surface area contributed by atoms with Gasteiger partial charge in [0, 0.05) is 38.8 Å². The Hall–Kier alpha value is -2.97. The molecule has 1 aromatic heterocycles. The fraction of sp³-hybridized carbons (Fsp3) is 0.391. The number of fused-ring (bicyclic) bond motifs is 1. The molecule has 0 amide bonds. The average Bonchev–Trinajstić information content (AvgIpc) is 2.79. The second-order valence-corrected chi connectivity index (χ2v) is 7.58. The van der Waals surface area contributed by atoms with E-state index >= 15 is 0 Å². The van der Waals surface area contributed by atoms with E-state index in [-0.39, 0.29) is 11.6 Å². The third-order valence-electron chi connectivity index (χ3n) is 5.40. The Morgan fingerprint density at radius 2 is 1.81 bits per heavy atom. The molecule has 0 N–H and O–H groups in total. The number of hydrogen-bond donors (Lipinski definition) is 0. The number of benzene rings is 2. The lowest BCUT2D eigenvalue weighted by atomic mass is 10.2. The van der Waals surface area contributed by atoms with Gasteiger partial charge in [0.05, 0.1) is 24.6 Å². The smallest absolute Gasteiger partial charge is 0.230 e. The maximum absolute atomic E-state index is 14.0. The first-order valence-corrected chi connectivity index (χ1v) is 10.4. The third-order valence-corrected chi connectivity index (χ3v) is 5.40. The highest BCUT2D eigenvalue weighted by Crippen LogP contribution is 2.36. The lowest BCUT2D eigenvalue weighted by molar-refractivity contribution is 0.145. The summed E-state index contributed by atoms with van der Waals surface area (Å²) in [7, 11) is 3.75. The number of methoxy groups -OCH3 is 1. The number of halogens is 1. The molecular formula is C23H27FN4O3. The molecule has 8 heteroatoms. The van der Waals surface area contributed by atoms with Gasteiger partial charge in [0.1, 0.15) is 6.33 Å². The highest BCUT2D eigenvalue weighted by atomic mass is 19.1. The summed E-state index contributed by atoms with van der Waals surface area (Å²) in [6.45, 7) is 5.93. The van der Waals surface area contributed by atoms with Crippen molar-refractivity contribution >= 4 is 10.9 Å². The molecule has 1 fully saturated rings. The fourth-order valence-corrected chi connectivity index (χ4v) is 3.57. The van der Waals surface area contributed by atoms with Gasteiger partial charge in [-0.25, -0.2) is 14.4 Å². The Labute approximate surface area is 181 Å². The van der Waals surface area contributed by atoms with E-state index in [0.29, 0.717) is 29.0 Å². The summed E-state index contributed by atoms with van der Waals surface area (Å²) in [6.07, 6.45) is 2.29. The molecule has 31 heavy (non-hydrogen) atoms. The van der Waals surface area contributed by atoms with Crippen LogP contribution in [0.25, 0.3) is 10.9 Å². The van der Waals surface area contributed by atoms with Gasteiger partial charge < -0.3 is 24.0 Å². The normalized spacial score (nSPS) is 15.2. The number of para-hydroxylation sites is 1. The Morgan fingerprint density at radius 1 is 1.00 bits per heavy atom. The number of aromatic nitrogens is 2. The number of nitrogens with zero attached hydrogens (tertiary/aromatic N) is 4. The molecule has 4 rings (SSSR count). The monoisotopic (exact) mass is 426 g/mol. The molecule has 3 aromatic rings. The van der Waals surface area contributed by atoms with Crippen LogP contribution in [0.2, 0.25) is 0 Å². The molecule has 0 spiro atoms. The Balaban J connectivity index is 1.48. The topological polar surface area (TPSA) is 60.0 Å². The van der Waals surface area contributed by atoms with Crippen molar-refractivity contribution in [3.8, 4) is 23.1 Å². The van der Waals surface area contributed by atoms with Gasteiger partial charge in [-0.3, -0.25) is 0 Å². The van der Waals surface area contributed by atoms with Crippen LogP contribution >= 0.6 is 0 Å². The molecular weight excluding hydrogens is 399 g/mol. The predicted octanol–water partition coefficient (Wildman–Crippen LogP) is 3.59. The number of rotatable bonds is 8. The Bertz CT molecular complexity index is 1020. The molecule has 1 saturated heterocycles. The molecule has 0 unspecified atom stereocenters. The van der Waals surface area contributed by atoms with Crippen LogP contribution in [-0.4, -0.2) is 73.3 Å². The number of likely N-dealkylation sites (N-methyl/N-ethyl adjacent to an activating group) is 1. The number of ether oxygens (including phenoxy) is 3. The molecule has 164 valence electrons. The number of piperazine rings is 1. The van der Waals surface area contributed by atoms with E-state index in [1.807, 2.05) is 0 Å². The first kappa shape index (κ1) is 21.3. The third kappa shape index (κ3) is 5.21. The van der Waals surface area contributed by atoms with Gasteiger partial charge in [0.2, 0.25) is 5.88 Å². The van der Waals surface area contributed by atoms with E-state index in [0.717, 1.165) is 39.1 Å². The SMILES string of the molecule is COc1cc2ncnc(Oc3ccccc3F)c2cc1OCCCN1CCN(C)CC1. The first-order chi connectivity index (χ1) is 15.1. The van der Waals surface area contributed by atoms with Gasteiger partial charge >= 0.3 is 0 Å². The molecule has 0 saturated carbocycles. The van der Waals surface area contributed by atoms with Crippen LogP contribution < -0.4 is 14.2 Å². The molecule has 0 atom stereocenters. The average molecular weight is 426 g/mol. The van der Waals surface area contributed by atoms with Crippen LogP contribution in [0, 0.1) is 5.82 Å². The molecule has 0 radical (unpaired) electrons. The van der Waals surface area contributed by atoms with Gasteiger partial charge in [-0.05, 0) is 31.7 Å². The van der Waals surface area contributed by atoms with Gasteiger partial charge in [-0.1, -0.05) is 12.1 Å². The second kappa shape index (κ2) is 9.89. The van der Waals surface area contributed by atoms with Crippen molar-refractivity contribution in [2.24, 2.45) is 0 Å². The van der Waals surface area contributed by atoms with Crippen molar-refractivity contribution in [1.29, 1.82) is 0 Å². The quantitative estimate of drug-likeness (QED) is 0.510. The van der Waals surface area contributed by atoms with Crippen LogP contribution in [0.1, 0.15) is 6.42 Å². The summed E-state index contributed by atoms with van der Waals surface area (Å²) in [5.74, 6) is 1.08. The lowest BCUT2D eigenvalue weighted by Gasteiger charge is -2.32. The van der Waals surface area contributed by atoms with E-state index < -0.39 is 5.82 Å². The summed E-state index contributed by atoms with van der Waals surface area (Å²) >= 11 is 0. The van der Waals surface area contributed by atoms with Crippen molar-refractivity contribution in [1.82, 2.24) is 19.8 Å². The zero-order valence-electron chi connectivity index (χ0n) is 17.9. The molecule has 1 aliphatic heterocycles. The maximum atomic E-state index is 14.0. The highest BCUT2D eigenvalue weighted by Gasteiger charge is 2.16. The zero-order valence-corrected chi connectivity index (χ0v) is 17.9. The van der Waals surface area contributed by atoms with Gasteiger partial charge in [-0.2, -0.15) is 0 Å². The van der Waals surface area contributed by atoms with E-state index in [4.69, 9.17) is 14.2 Å². The van der Waals surface area contributed by atoms with Crippen LogP contribution in [0.4, 0.5) is 4.39 Å². The molecule has 2 aromatic carbocycles. The fourth-order valence-electron chi connectivity index (χ4n) is 3.57. The van der Waals surface area contributed by atoms with E-state index in [1.165, 1.54) is 12.4 Å². The van der Waals surface area contributed by atoms with Gasteiger partial charge in [0.15, 0.2) is 23.1 Å². The largest absolute Gasteiger partial charge is 0.493 e. The standard InChI is InChI=1S/C23H27FN4O3/c1-27-9-11-28(12-10-27)8-5-13-30-22-14-17-19(15-21(22)29-2)25-16-26-23(17)31-20-7-4-3-6-18(20)24/h3-4,6-7,14-16H,5,8-13H2,1-2H3. The molecule has 0 bridgehead atoms. The van der Waals surface area contributed by atoms with Crippen molar-refractivity contribution in [2.75, 3.05) is 53.5 Å². The zero-order chi connectivity index (χ0) is 21.6. The van der Waals surface area contributed by atoms with Crippen LogP contribution in [-0.2, 0) is 0 Å². The van der Waals surface area contributed by atoms with Crippen molar-refractivity contribution in [2.45, 2.75) is 6.42 Å². The minimum Gasteiger partial charge on any atom is -0.493 e. The van der Waals surface area contributed by atoms with Gasteiger partial charge in [-0.15, -0.1) is 0 Å². The van der Waals surface area contributed by atoms with E-state index in [2.05, 4.69) is 26.8 Å². The highest BCUT2D eigenvalue weighted by molar-refractivity contribution is 5.87. The summed E-state index contributed by atoms with van der Waals surface area (Å²) in [4.78, 5) is 13.3. The Kier molecular flexibility index (Phi) is 6.79. The summed E-state index contributed by atoms with van der Waals surface area (Å²) in [5, 5.41) is 0.626. The number of hydrogen-bond acceptors (Lipinski definition) is 7. The molecule has 0 aliphatic carbocycles. The minimum atomic E-state index is -0.455.